The van der Waals surface area contributed by atoms with Gasteiger partial charge in [-0.2, -0.15) is 13.2 Å². The largest absolute Gasteiger partial charge is 0.453 e. The van der Waals surface area contributed by atoms with Crippen molar-refractivity contribution in [3.05, 3.63) is 47.1 Å². The van der Waals surface area contributed by atoms with Gasteiger partial charge < -0.3 is 10.1 Å². The number of hydrogen-bond acceptors (Lipinski definition) is 4. The molecule has 1 heterocycles. The second-order valence-corrected chi connectivity index (χ2v) is 4.80. The molecule has 0 bridgehead atoms. The Bertz CT molecular complexity index is 705. The molecule has 0 atom stereocenters. The molecule has 0 aliphatic heterocycles. The molecule has 2 N–H and O–H groups in total. The van der Waals surface area contributed by atoms with E-state index in [9.17, 15) is 18.0 Å². The first-order valence-electron chi connectivity index (χ1n) is 6.24. The highest BCUT2D eigenvalue weighted by Crippen LogP contribution is 2.37. The predicted molar refractivity (Wildman–Crippen MR) is 80.0 cm³/mol. The number of carbonyl (C=O) groups is 1. The number of pyridine rings is 1. The fourth-order valence-electron chi connectivity index (χ4n) is 1.71. The molecule has 0 saturated carbocycles. The second-order valence-electron chi connectivity index (χ2n) is 4.36. The van der Waals surface area contributed by atoms with E-state index in [-0.39, 0.29) is 16.5 Å². The van der Waals surface area contributed by atoms with Crippen LogP contribution in [0.4, 0.5) is 35.2 Å². The van der Waals surface area contributed by atoms with Crippen LogP contribution in [0, 0.1) is 0 Å². The van der Waals surface area contributed by atoms with E-state index >= 15 is 0 Å². The molecule has 1 amide bonds. The molecule has 1 aromatic heterocycles. The third-order valence-electron chi connectivity index (χ3n) is 2.75. The lowest BCUT2D eigenvalue weighted by molar-refractivity contribution is -0.136. The highest BCUT2D eigenvalue weighted by atomic mass is 35.5. The summed E-state index contributed by atoms with van der Waals surface area (Å²) in [6, 6.07) is 6.27. The van der Waals surface area contributed by atoms with Gasteiger partial charge in [0.25, 0.3) is 0 Å². The molecule has 0 aliphatic rings. The molecule has 5 nitrogen and oxygen atoms in total. The number of amides is 1. The number of hydrogen-bond donors (Lipinski definition) is 2. The van der Waals surface area contributed by atoms with Gasteiger partial charge in [-0.05, 0) is 30.3 Å². The van der Waals surface area contributed by atoms with Gasteiger partial charge in [0.15, 0.2) is 0 Å². The minimum absolute atomic E-state index is 0.0199. The maximum absolute atomic E-state index is 13.0. The number of halogens is 4. The average Bonchev–Trinajstić information content (AvgIpc) is 2.50. The van der Waals surface area contributed by atoms with E-state index < -0.39 is 17.8 Å². The Hall–Kier alpha value is -2.48. The number of carbonyl (C=O) groups excluding carboxylic acids is 1. The molecular formula is C14H11ClF3N3O2. The number of aromatic nitrogens is 1. The summed E-state index contributed by atoms with van der Waals surface area (Å²) in [6.07, 6.45) is -3.95. The Morgan fingerprint density at radius 3 is 2.57 bits per heavy atom. The molecule has 9 heteroatoms. The summed E-state index contributed by atoms with van der Waals surface area (Å²) in [7, 11) is 1.21. The maximum atomic E-state index is 13.0. The number of alkyl halides is 3. The Morgan fingerprint density at radius 1 is 1.26 bits per heavy atom. The molecule has 0 spiro atoms. The van der Waals surface area contributed by atoms with E-state index in [1.54, 1.807) is 0 Å². The van der Waals surface area contributed by atoms with Crippen molar-refractivity contribution in [2.24, 2.45) is 0 Å². The first kappa shape index (κ1) is 16.9. The Morgan fingerprint density at radius 2 is 2.00 bits per heavy atom. The Kier molecular flexibility index (Phi) is 4.95. The molecule has 2 aromatic rings. The van der Waals surface area contributed by atoms with Crippen molar-refractivity contribution in [3.8, 4) is 0 Å². The van der Waals surface area contributed by atoms with Crippen molar-refractivity contribution in [3.63, 3.8) is 0 Å². The molecule has 0 saturated heterocycles. The van der Waals surface area contributed by atoms with Crippen LogP contribution in [0.15, 0.2) is 36.5 Å². The summed E-state index contributed by atoms with van der Waals surface area (Å²) in [5.41, 5.74) is -0.735. The van der Waals surface area contributed by atoms with Gasteiger partial charge in [-0.25, -0.2) is 9.78 Å². The summed E-state index contributed by atoms with van der Waals surface area (Å²) in [5, 5.41) is 4.92. The zero-order chi connectivity index (χ0) is 17.0. The third kappa shape index (κ3) is 4.49. The lowest BCUT2D eigenvalue weighted by Gasteiger charge is -2.14. The van der Waals surface area contributed by atoms with Gasteiger partial charge >= 0.3 is 12.3 Å². The molecule has 2 rings (SSSR count). The van der Waals surface area contributed by atoms with E-state index in [4.69, 9.17) is 11.6 Å². The second kappa shape index (κ2) is 6.74. The van der Waals surface area contributed by atoms with Crippen molar-refractivity contribution in [1.82, 2.24) is 4.98 Å². The highest BCUT2D eigenvalue weighted by molar-refractivity contribution is 6.30. The van der Waals surface area contributed by atoms with Gasteiger partial charge in [0.2, 0.25) is 0 Å². The summed E-state index contributed by atoms with van der Waals surface area (Å²) in [6.45, 7) is 0. The first-order valence-corrected chi connectivity index (χ1v) is 6.62. The summed E-state index contributed by atoms with van der Waals surface area (Å²) >= 11 is 5.61. The monoisotopic (exact) mass is 345 g/mol. The van der Waals surface area contributed by atoms with Crippen LogP contribution in [0.1, 0.15) is 5.56 Å². The van der Waals surface area contributed by atoms with E-state index in [0.29, 0.717) is 5.69 Å². The standard InChI is InChI=1S/C14H11ClF3N3O2/c1-23-13(22)20-9-3-5-12(19-7-9)21-11-4-2-8(15)6-10(11)14(16,17)18/h2-7H,1H3,(H,19,21)(H,20,22). The van der Waals surface area contributed by atoms with Crippen molar-refractivity contribution < 1.29 is 22.7 Å². The lowest BCUT2D eigenvalue weighted by Crippen LogP contribution is -2.11. The van der Waals surface area contributed by atoms with Gasteiger partial charge in [-0.15, -0.1) is 0 Å². The topological polar surface area (TPSA) is 63.2 Å². The zero-order valence-electron chi connectivity index (χ0n) is 11.7. The molecule has 122 valence electrons. The highest BCUT2D eigenvalue weighted by Gasteiger charge is 2.33. The van der Waals surface area contributed by atoms with Gasteiger partial charge in [0, 0.05) is 5.02 Å². The smallest absolute Gasteiger partial charge is 0.418 e. The lowest BCUT2D eigenvalue weighted by atomic mass is 10.1. The number of nitrogens with one attached hydrogen (secondary N) is 2. The Balaban J connectivity index is 2.21. The fraction of sp³-hybridized carbons (Fsp3) is 0.143. The number of ether oxygens (including phenoxy) is 1. The van der Waals surface area contributed by atoms with Gasteiger partial charge in [-0.1, -0.05) is 11.6 Å². The van der Waals surface area contributed by atoms with E-state index in [2.05, 4.69) is 20.4 Å². The molecule has 0 radical (unpaired) electrons. The van der Waals surface area contributed by atoms with Crippen LogP contribution in [0.25, 0.3) is 0 Å². The minimum Gasteiger partial charge on any atom is -0.453 e. The maximum Gasteiger partial charge on any atom is 0.418 e. The normalized spacial score (nSPS) is 11.0. The van der Waals surface area contributed by atoms with Crippen molar-refractivity contribution >= 4 is 34.9 Å². The van der Waals surface area contributed by atoms with Gasteiger partial charge in [-0.3, -0.25) is 5.32 Å². The summed E-state index contributed by atoms with van der Waals surface area (Å²) in [5.74, 6) is 0.174. The van der Waals surface area contributed by atoms with Crippen molar-refractivity contribution in [2.45, 2.75) is 6.18 Å². The fourth-order valence-corrected chi connectivity index (χ4v) is 1.88. The van der Waals surface area contributed by atoms with Crippen LogP contribution < -0.4 is 10.6 Å². The number of nitrogens with zero attached hydrogens (tertiary/aromatic N) is 1. The van der Waals surface area contributed by atoms with E-state index in [0.717, 1.165) is 6.07 Å². The predicted octanol–water partition coefficient (Wildman–Crippen LogP) is 4.68. The van der Waals surface area contributed by atoms with E-state index in [1.165, 1.54) is 37.6 Å². The molecule has 1 aromatic carbocycles. The number of anilines is 3. The Labute approximate surface area is 134 Å². The molecule has 0 unspecified atom stereocenters. The minimum atomic E-state index is -4.56. The van der Waals surface area contributed by atoms with E-state index in [1.807, 2.05) is 0 Å². The van der Waals surface area contributed by atoms with Crippen LogP contribution in [0.2, 0.25) is 5.02 Å². The van der Waals surface area contributed by atoms with Crippen LogP contribution in [-0.2, 0) is 10.9 Å². The number of benzene rings is 1. The third-order valence-corrected chi connectivity index (χ3v) is 2.98. The first-order chi connectivity index (χ1) is 10.8. The molecule has 0 aliphatic carbocycles. The quantitative estimate of drug-likeness (QED) is 0.848. The van der Waals surface area contributed by atoms with Crippen molar-refractivity contribution in [1.29, 1.82) is 0 Å². The van der Waals surface area contributed by atoms with Crippen LogP contribution in [-0.4, -0.2) is 18.2 Å². The van der Waals surface area contributed by atoms with Crippen LogP contribution >= 0.6 is 11.6 Å². The summed E-state index contributed by atoms with van der Waals surface area (Å²) in [4.78, 5) is 15.0. The molecular weight excluding hydrogens is 335 g/mol. The average molecular weight is 346 g/mol. The van der Waals surface area contributed by atoms with Crippen molar-refractivity contribution in [2.75, 3.05) is 17.7 Å². The van der Waals surface area contributed by atoms with Gasteiger partial charge in [0.05, 0.1) is 30.2 Å². The van der Waals surface area contributed by atoms with Crippen LogP contribution in [0.3, 0.4) is 0 Å². The number of rotatable bonds is 3. The zero-order valence-corrected chi connectivity index (χ0v) is 12.5. The molecule has 0 fully saturated rings. The molecule has 23 heavy (non-hydrogen) atoms. The van der Waals surface area contributed by atoms with Crippen LogP contribution in [0.5, 0.6) is 0 Å². The SMILES string of the molecule is COC(=O)Nc1ccc(Nc2ccc(Cl)cc2C(F)(F)F)nc1. The number of methoxy groups -OCH3 is 1. The van der Waals surface area contributed by atoms with Gasteiger partial charge in [0.1, 0.15) is 5.82 Å². The summed E-state index contributed by atoms with van der Waals surface area (Å²) < 4.78 is 43.4.